The van der Waals surface area contributed by atoms with Crippen LogP contribution in [-0.2, 0) is 4.79 Å². The summed E-state index contributed by atoms with van der Waals surface area (Å²) < 4.78 is 0. The van der Waals surface area contributed by atoms with Gasteiger partial charge >= 0.3 is 0 Å². The summed E-state index contributed by atoms with van der Waals surface area (Å²) in [5.74, 6) is 1.21. The molecule has 3 heteroatoms. The zero-order valence-electron chi connectivity index (χ0n) is 10.6. The Morgan fingerprint density at radius 3 is 2.13 bits per heavy atom. The summed E-state index contributed by atoms with van der Waals surface area (Å²) in [7, 11) is 0. The normalized spacial score (nSPS) is 12.9. The highest BCUT2D eigenvalue weighted by Crippen LogP contribution is 2.15. The zero-order chi connectivity index (χ0) is 11.8. The third kappa shape index (κ3) is 5.78. The molecule has 0 aromatic heterocycles. The zero-order valence-corrected chi connectivity index (χ0v) is 10.6. The van der Waals surface area contributed by atoms with Gasteiger partial charge in [0.05, 0.1) is 0 Å². The van der Waals surface area contributed by atoms with Gasteiger partial charge in [-0.3, -0.25) is 4.79 Å². The first-order chi connectivity index (χ1) is 7.04. The van der Waals surface area contributed by atoms with Gasteiger partial charge in [0.2, 0.25) is 5.91 Å². The van der Waals surface area contributed by atoms with Crippen LogP contribution in [0.25, 0.3) is 0 Å². The molecular formula is C12H26N2O. The molecule has 0 aromatic carbocycles. The van der Waals surface area contributed by atoms with Gasteiger partial charge in [-0.05, 0) is 38.6 Å². The van der Waals surface area contributed by atoms with Gasteiger partial charge in [0.1, 0.15) is 0 Å². The summed E-state index contributed by atoms with van der Waals surface area (Å²) in [5, 5.41) is 0. The van der Waals surface area contributed by atoms with E-state index in [0.717, 1.165) is 19.5 Å². The maximum Gasteiger partial charge on any atom is 0.222 e. The van der Waals surface area contributed by atoms with Crippen LogP contribution in [0.2, 0.25) is 0 Å². The lowest BCUT2D eigenvalue weighted by Crippen LogP contribution is -2.33. The van der Waals surface area contributed by atoms with E-state index in [-0.39, 0.29) is 5.91 Å². The smallest absolute Gasteiger partial charge is 0.222 e. The molecule has 0 saturated carbocycles. The Hall–Kier alpha value is -0.570. The molecular weight excluding hydrogens is 188 g/mol. The summed E-state index contributed by atoms with van der Waals surface area (Å²) >= 11 is 0. The van der Waals surface area contributed by atoms with E-state index < -0.39 is 0 Å². The second kappa shape index (κ2) is 7.69. The minimum atomic E-state index is 0.246. The maximum atomic E-state index is 11.8. The van der Waals surface area contributed by atoms with Gasteiger partial charge in [-0.25, -0.2) is 0 Å². The number of nitrogens with two attached hydrogens (primary N) is 1. The Kier molecular flexibility index (Phi) is 7.39. The van der Waals surface area contributed by atoms with E-state index in [2.05, 4.69) is 13.8 Å². The molecule has 0 aliphatic carbocycles. The average Bonchev–Trinajstić information content (AvgIpc) is 2.17. The van der Waals surface area contributed by atoms with Gasteiger partial charge in [-0.2, -0.15) is 0 Å². The number of carbonyl (C=O) groups is 1. The second-order valence-electron chi connectivity index (χ2n) is 4.50. The van der Waals surface area contributed by atoms with Gasteiger partial charge in [-0.1, -0.05) is 13.8 Å². The molecule has 0 saturated heterocycles. The molecule has 0 aliphatic rings. The standard InChI is InChI=1S/C12H26N2O/c1-5-14(6-2)12(15)8-11(9-13)7-10(3)4/h10-11H,5-9,13H2,1-4H3/t11-/m0/s1. The Balaban J connectivity index is 4.10. The molecule has 0 fully saturated rings. The number of amides is 1. The van der Waals surface area contributed by atoms with Crippen molar-refractivity contribution in [1.29, 1.82) is 0 Å². The maximum absolute atomic E-state index is 11.8. The third-order valence-corrected chi connectivity index (χ3v) is 2.72. The van der Waals surface area contributed by atoms with E-state index in [9.17, 15) is 4.79 Å². The number of hydrogen-bond acceptors (Lipinski definition) is 2. The Labute approximate surface area is 94.0 Å². The summed E-state index contributed by atoms with van der Waals surface area (Å²) in [4.78, 5) is 13.7. The molecule has 0 unspecified atom stereocenters. The molecule has 0 rings (SSSR count). The molecule has 0 aliphatic heterocycles. The summed E-state index contributed by atoms with van der Waals surface area (Å²) in [6.45, 7) is 10.6. The molecule has 1 amide bonds. The quantitative estimate of drug-likeness (QED) is 0.703. The van der Waals surface area contributed by atoms with E-state index in [4.69, 9.17) is 5.73 Å². The number of hydrogen-bond donors (Lipinski definition) is 1. The lowest BCUT2D eigenvalue weighted by molar-refractivity contribution is -0.131. The first-order valence-electron chi connectivity index (χ1n) is 6.02. The fourth-order valence-corrected chi connectivity index (χ4v) is 1.88. The predicted octanol–water partition coefficient (Wildman–Crippen LogP) is 1.87. The lowest BCUT2D eigenvalue weighted by atomic mass is 9.94. The summed E-state index contributed by atoms with van der Waals surface area (Å²) in [5.41, 5.74) is 5.68. The minimum absolute atomic E-state index is 0.246. The van der Waals surface area contributed by atoms with E-state index in [0.29, 0.717) is 24.8 Å². The van der Waals surface area contributed by atoms with Crippen molar-refractivity contribution in [2.45, 2.75) is 40.5 Å². The van der Waals surface area contributed by atoms with Crippen molar-refractivity contribution < 1.29 is 4.79 Å². The third-order valence-electron chi connectivity index (χ3n) is 2.72. The molecule has 1 atom stereocenters. The Morgan fingerprint density at radius 2 is 1.80 bits per heavy atom. The van der Waals surface area contributed by atoms with Crippen LogP contribution in [0.3, 0.4) is 0 Å². The van der Waals surface area contributed by atoms with Crippen molar-refractivity contribution >= 4 is 5.91 Å². The van der Waals surface area contributed by atoms with Gasteiger partial charge in [-0.15, -0.1) is 0 Å². The van der Waals surface area contributed by atoms with Gasteiger partial charge in [0, 0.05) is 19.5 Å². The van der Waals surface area contributed by atoms with Gasteiger partial charge in [0.15, 0.2) is 0 Å². The van der Waals surface area contributed by atoms with E-state index >= 15 is 0 Å². The number of rotatable bonds is 7. The second-order valence-corrected chi connectivity index (χ2v) is 4.50. The molecule has 3 nitrogen and oxygen atoms in total. The van der Waals surface area contributed by atoms with Gasteiger partial charge < -0.3 is 10.6 Å². The Bertz CT molecular complexity index is 176. The fraction of sp³-hybridized carbons (Fsp3) is 0.917. The minimum Gasteiger partial charge on any atom is -0.343 e. The Morgan fingerprint density at radius 1 is 1.27 bits per heavy atom. The van der Waals surface area contributed by atoms with Crippen LogP contribution < -0.4 is 5.73 Å². The predicted molar refractivity (Wildman–Crippen MR) is 64.5 cm³/mol. The van der Waals surface area contributed by atoms with Crippen molar-refractivity contribution in [2.75, 3.05) is 19.6 Å². The van der Waals surface area contributed by atoms with Crippen LogP contribution in [0.15, 0.2) is 0 Å². The SMILES string of the molecule is CCN(CC)C(=O)C[C@@H](CN)CC(C)C. The molecule has 15 heavy (non-hydrogen) atoms. The molecule has 0 heterocycles. The van der Waals surface area contributed by atoms with Crippen molar-refractivity contribution in [3.05, 3.63) is 0 Å². The van der Waals surface area contributed by atoms with Crippen LogP contribution in [0.5, 0.6) is 0 Å². The molecule has 0 bridgehead atoms. The van der Waals surface area contributed by atoms with Crippen LogP contribution >= 0.6 is 0 Å². The van der Waals surface area contributed by atoms with Crippen molar-refractivity contribution in [3.63, 3.8) is 0 Å². The summed E-state index contributed by atoms with van der Waals surface area (Å²) in [6, 6.07) is 0. The van der Waals surface area contributed by atoms with E-state index in [1.165, 1.54) is 0 Å². The average molecular weight is 214 g/mol. The topological polar surface area (TPSA) is 46.3 Å². The van der Waals surface area contributed by atoms with E-state index in [1.807, 2.05) is 18.7 Å². The van der Waals surface area contributed by atoms with Gasteiger partial charge in [0.25, 0.3) is 0 Å². The van der Waals surface area contributed by atoms with Crippen LogP contribution in [0.1, 0.15) is 40.5 Å². The number of nitrogens with zero attached hydrogens (tertiary/aromatic N) is 1. The van der Waals surface area contributed by atoms with Crippen LogP contribution in [0.4, 0.5) is 0 Å². The highest BCUT2D eigenvalue weighted by atomic mass is 16.2. The monoisotopic (exact) mass is 214 g/mol. The highest BCUT2D eigenvalue weighted by molar-refractivity contribution is 5.76. The fourth-order valence-electron chi connectivity index (χ4n) is 1.88. The molecule has 2 N–H and O–H groups in total. The molecule has 90 valence electrons. The van der Waals surface area contributed by atoms with Crippen LogP contribution in [-0.4, -0.2) is 30.4 Å². The number of carbonyl (C=O) groups excluding carboxylic acids is 1. The first-order valence-corrected chi connectivity index (χ1v) is 6.02. The van der Waals surface area contributed by atoms with Crippen molar-refractivity contribution in [3.8, 4) is 0 Å². The lowest BCUT2D eigenvalue weighted by Gasteiger charge is -2.22. The summed E-state index contributed by atoms with van der Waals surface area (Å²) in [6.07, 6.45) is 1.65. The van der Waals surface area contributed by atoms with Crippen molar-refractivity contribution in [1.82, 2.24) is 4.90 Å². The molecule has 0 aromatic rings. The molecule has 0 spiro atoms. The highest BCUT2D eigenvalue weighted by Gasteiger charge is 2.17. The van der Waals surface area contributed by atoms with Crippen molar-refractivity contribution in [2.24, 2.45) is 17.6 Å². The van der Waals surface area contributed by atoms with Crippen LogP contribution in [0, 0.1) is 11.8 Å². The largest absolute Gasteiger partial charge is 0.343 e. The first kappa shape index (κ1) is 14.4. The molecule has 0 radical (unpaired) electrons. The van der Waals surface area contributed by atoms with E-state index in [1.54, 1.807) is 0 Å².